The SMILES string of the molecule is CCOc1ccc(C(=O)NC(=S)Nc2cccc(C)n2)cc1[N+](=O)[O-].Cl. The highest BCUT2D eigenvalue weighted by atomic mass is 35.5. The van der Waals surface area contributed by atoms with E-state index in [2.05, 4.69) is 15.6 Å². The van der Waals surface area contributed by atoms with E-state index in [-0.39, 0.29) is 41.1 Å². The number of halogens is 1. The minimum Gasteiger partial charge on any atom is -0.487 e. The molecular weight excluding hydrogens is 380 g/mol. The summed E-state index contributed by atoms with van der Waals surface area (Å²) in [4.78, 5) is 27.0. The summed E-state index contributed by atoms with van der Waals surface area (Å²) in [6, 6.07) is 9.29. The van der Waals surface area contributed by atoms with Gasteiger partial charge in [-0.25, -0.2) is 4.98 Å². The van der Waals surface area contributed by atoms with Gasteiger partial charge < -0.3 is 10.1 Å². The Balaban J connectivity index is 0.00000338. The number of amides is 1. The normalized spacial score (nSPS) is 9.62. The summed E-state index contributed by atoms with van der Waals surface area (Å²) in [5.74, 6) is 0.0213. The van der Waals surface area contributed by atoms with Gasteiger partial charge in [0.2, 0.25) is 0 Å². The Morgan fingerprint density at radius 3 is 2.69 bits per heavy atom. The molecule has 10 heteroatoms. The zero-order valence-corrected chi connectivity index (χ0v) is 15.6. The van der Waals surface area contributed by atoms with Gasteiger partial charge in [0.05, 0.1) is 11.5 Å². The number of thiocarbonyl (C=S) groups is 1. The van der Waals surface area contributed by atoms with Crippen LogP contribution in [-0.4, -0.2) is 27.5 Å². The van der Waals surface area contributed by atoms with Crippen LogP contribution in [0.5, 0.6) is 5.75 Å². The number of nitro groups is 1. The molecule has 0 bridgehead atoms. The van der Waals surface area contributed by atoms with Gasteiger partial charge in [-0.05, 0) is 50.3 Å². The van der Waals surface area contributed by atoms with E-state index < -0.39 is 10.8 Å². The predicted molar refractivity (Wildman–Crippen MR) is 104 cm³/mol. The third-order valence-electron chi connectivity index (χ3n) is 3.07. The Bertz CT molecular complexity index is 832. The van der Waals surface area contributed by atoms with Crippen LogP contribution < -0.4 is 15.4 Å². The lowest BCUT2D eigenvalue weighted by Crippen LogP contribution is -2.34. The maximum absolute atomic E-state index is 12.2. The zero-order chi connectivity index (χ0) is 18.4. The van der Waals surface area contributed by atoms with Crippen LogP contribution in [0.4, 0.5) is 11.5 Å². The van der Waals surface area contributed by atoms with Crippen LogP contribution in [0.25, 0.3) is 0 Å². The largest absolute Gasteiger partial charge is 0.487 e. The molecule has 0 atom stereocenters. The van der Waals surface area contributed by atoms with Crippen molar-refractivity contribution in [2.75, 3.05) is 11.9 Å². The van der Waals surface area contributed by atoms with E-state index in [9.17, 15) is 14.9 Å². The summed E-state index contributed by atoms with van der Waals surface area (Å²) >= 11 is 5.07. The van der Waals surface area contributed by atoms with E-state index in [0.29, 0.717) is 5.82 Å². The number of pyridine rings is 1. The van der Waals surface area contributed by atoms with E-state index in [0.717, 1.165) is 11.8 Å². The molecule has 0 aliphatic carbocycles. The number of anilines is 1. The molecule has 0 radical (unpaired) electrons. The molecule has 26 heavy (non-hydrogen) atoms. The molecule has 0 spiro atoms. The van der Waals surface area contributed by atoms with E-state index in [1.807, 2.05) is 13.0 Å². The average molecular weight is 397 g/mol. The number of aryl methyl sites for hydroxylation is 1. The molecule has 1 aromatic carbocycles. The third-order valence-corrected chi connectivity index (χ3v) is 3.28. The van der Waals surface area contributed by atoms with Crippen LogP contribution in [0.2, 0.25) is 0 Å². The first-order valence-corrected chi connectivity index (χ1v) is 7.78. The molecule has 1 amide bonds. The molecule has 2 aromatic rings. The zero-order valence-electron chi connectivity index (χ0n) is 14.0. The van der Waals surface area contributed by atoms with Gasteiger partial charge in [-0.2, -0.15) is 0 Å². The van der Waals surface area contributed by atoms with Gasteiger partial charge in [-0.3, -0.25) is 20.2 Å². The molecule has 0 saturated heterocycles. The Morgan fingerprint density at radius 1 is 1.35 bits per heavy atom. The van der Waals surface area contributed by atoms with Crippen LogP contribution in [0.15, 0.2) is 36.4 Å². The highest BCUT2D eigenvalue weighted by Gasteiger charge is 2.19. The summed E-state index contributed by atoms with van der Waals surface area (Å²) in [6.45, 7) is 3.82. The number of nitro benzene ring substituents is 1. The van der Waals surface area contributed by atoms with Crippen LogP contribution in [0, 0.1) is 17.0 Å². The number of nitrogens with zero attached hydrogens (tertiary/aromatic N) is 2. The van der Waals surface area contributed by atoms with Crippen molar-refractivity contribution in [3.8, 4) is 5.75 Å². The summed E-state index contributed by atoms with van der Waals surface area (Å²) in [5, 5.41) is 16.4. The van der Waals surface area contributed by atoms with E-state index >= 15 is 0 Å². The van der Waals surface area contributed by atoms with E-state index in [4.69, 9.17) is 17.0 Å². The number of rotatable bonds is 5. The van der Waals surface area contributed by atoms with Gasteiger partial charge in [-0.15, -0.1) is 12.4 Å². The summed E-state index contributed by atoms with van der Waals surface area (Å²) in [7, 11) is 0. The first-order chi connectivity index (χ1) is 11.9. The number of ether oxygens (including phenoxy) is 1. The Morgan fingerprint density at radius 2 is 2.08 bits per heavy atom. The lowest BCUT2D eigenvalue weighted by Gasteiger charge is -2.10. The lowest BCUT2D eigenvalue weighted by atomic mass is 10.1. The topological polar surface area (TPSA) is 106 Å². The first kappa shape index (κ1) is 21.3. The maximum atomic E-state index is 12.2. The fourth-order valence-corrected chi connectivity index (χ4v) is 2.21. The van der Waals surface area contributed by atoms with Gasteiger partial charge in [0.15, 0.2) is 10.9 Å². The second-order valence-corrected chi connectivity index (χ2v) is 5.35. The number of benzene rings is 1. The summed E-state index contributed by atoms with van der Waals surface area (Å²) < 4.78 is 5.18. The Hall–Kier alpha value is -2.78. The van der Waals surface area contributed by atoms with Gasteiger partial charge in [0.1, 0.15) is 5.82 Å². The molecule has 2 rings (SSSR count). The van der Waals surface area contributed by atoms with E-state index in [1.165, 1.54) is 12.1 Å². The number of hydrogen-bond acceptors (Lipinski definition) is 6. The molecule has 0 aliphatic heterocycles. The monoisotopic (exact) mass is 396 g/mol. The average Bonchev–Trinajstić information content (AvgIpc) is 2.55. The van der Waals surface area contributed by atoms with E-state index in [1.54, 1.807) is 19.1 Å². The fraction of sp³-hybridized carbons (Fsp3) is 0.188. The standard InChI is InChI=1S/C16H16N4O4S.ClH/c1-3-24-13-8-7-11(9-12(13)20(22)23)15(21)19-16(25)18-14-6-4-5-10(2)17-14;/h4-9H,3H2,1-2H3,(H2,17,18,19,21,25);1H. The molecule has 1 heterocycles. The highest BCUT2D eigenvalue weighted by molar-refractivity contribution is 7.80. The summed E-state index contributed by atoms with van der Waals surface area (Å²) in [6.07, 6.45) is 0. The molecule has 8 nitrogen and oxygen atoms in total. The smallest absolute Gasteiger partial charge is 0.311 e. The Kier molecular flexibility index (Phi) is 7.88. The van der Waals surface area contributed by atoms with Crippen LogP contribution in [0.3, 0.4) is 0 Å². The minimum absolute atomic E-state index is 0. The lowest BCUT2D eigenvalue weighted by molar-refractivity contribution is -0.385. The highest BCUT2D eigenvalue weighted by Crippen LogP contribution is 2.27. The van der Waals surface area contributed by atoms with Gasteiger partial charge in [-0.1, -0.05) is 6.07 Å². The van der Waals surface area contributed by atoms with Crippen molar-refractivity contribution in [3.05, 3.63) is 57.8 Å². The maximum Gasteiger partial charge on any atom is 0.311 e. The van der Waals surface area contributed by atoms with Crippen molar-refractivity contribution >= 4 is 47.1 Å². The number of carbonyl (C=O) groups is 1. The van der Waals surface area contributed by atoms with Crippen molar-refractivity contribution in [3.63, 3.8) is 0 Å². The fourth-order valence-electron chi connectivity index (χ4n) is 2.01. The third kappa shape index (κ3) is 5.64. The molecule has 1 aromatic heterocycles. The van der Waals surface area contributed by atoms with Gasteiger partial charge in [0.25, 0.3) is 5.91 Å². The molecular formula is C16H17ClN4O4S. The number of carbonyl (C=O) groups excluding carboxylic acids is 1. The predicted octanol–water partition coefficient (Wildman–Crippen LogP) is 3.25. The van der Waals surface area contributed by atoms with Crippen molar-refractivity contribution in [2.24, 2.45) is 0 Å². The Labute approximate surface area is 161 Å². The van der Waals surface area contributed by atoms with Crippen molar-refractivity contribution in [2.45, 2.75) is 13.8 Å². The second kappa shape index (κ2) is 9.64. The van der Waals surface area contributed by atoms with Gasteiger partial charge in [0, 0.05) is 17.3 Å². The van der Waals surface area contributed by atoms with Gasteiger partial charge >= 0.3 is 5.69 Å². The molecule has 0 saturated carbocycles. The van der Waals surface area contributed by atoms with Crippen molar-refractivity contribution in [1.82, 2.24) is 10.3 Å². The van der Waals surface area contributed by atoms with Crippen LogP contribution in [0.1, 0.15) is 23.0 Å². The molecule has 0 fully saturated rings. The second-order valence-electron chi connectivity index (χ2n) is 4.95. The van der Waals surface area contributed by atoms with Crippen molar-refractivity contribution in [1.29, 1.82) is 0 Å². The molecule has 0 unspecified atom stereocenters. The van der Waals surface area contributed by atoms with Crippen LogP contribution in [-0.2, 0) is 0 Å². The van der Waals surface area contributed by atoms with Crippen molar-refractivity contribution < 1.29 is 14.5 Å². The number of aromatic nitrogens is 1. The summed E-state index contributed by atoms with van der Waals surface area (Å²) in [5.41, 5.74) is 0.603. The first-order valence-electron chi connectivity index (χ1n) is 7.38. The molecule has 138 valence electrons. The quantitative estimate of drug-likeness (QED) is 0.454. The van der Waals surface area contributed by atoms with Crippen LogP contribution >= 0.6 is 24.6 Å². The number of nitrogens with one attached hydrogen (secondary N) is 2. The molecule has 0 aliphatic rings. The number of hydrogen-bond donors (Lipinski definition) is 2. The molecule has 2 N–H and O–H groups in total. The minimum atomic E-state index is -0.602.